The second-order valence-electron chi connectivity index (χ2n) is 6.65. The predicted molar refractivity (Wildman–Crippen MR) is 72.3 cm³/mol. The van der Waals surface area contributed by atoms with Crippen molar-refractivity contribution in [3.8, 4) is 0 Å². The summed E-state index contributed by atoms with van der Waals surface area (Å²) in [4.78, 5) is 13.6. The summed E-state index contributed by atoms with van der Waals surface area (Å²) in [6.07, 6.45) is -2.03. The highest BCUT2D eigenvalue weighted by molar-refractivity contribution is 5.79. The number of carbonyl (C=O) groups is 1. The number of amides is 1. The fraction of sp³-hybridized carbons (Fsp3) is 0.562. The standard InChI is InChI=1S/C16H17F4NO/c1-15(11-2-3-11)7-14(22)21(9-15)8-10-6-12(17)4-5-13(10)16(18,19)20/h4-6,11H,2-3,7-9H2,1H3/t15-/m1/s1. The second-order valence-corrected chi connectivity index (χ2v) is 6.65. The van der Waals surface area contributed by atoms with Gasteiger partial charge in [-0.2, -0.15) is 13.2 Å². The van der Waals surface area contributed by atoms with Gasteiger partial charge in [0.25, 0.3) is 0 Å². The van der Waals surface area contributed by atoms with Gasteiger partial charge in [0.1, 0.15) is 5.82 Å². The van der Waals surface area contributed by atoms with E-state index in [0.717, 1.165) is 31.0 Å². The molecule has 1 aliphatic carbocycles. The second kappa shape index (κ2) is 4.96. The summed E-state index contributed by atoms with van der Waals surface area (Å²) in [5.74, 6) is -0.387. The molecule has 2 aliphatic rings. The topological polar surface area (TPSA) is 20.3 Å². The molecule has 1 aliphatic heterocycles. The maximum absolute atomic E-state index is 13.3. The number of hydrogen-bond donors (Lipinski definition) is 0. The number of carbonyl (C=O) groups excluding carboxylic acids is 1. The lowest BCUT2D eigenvalue weighted by molar-refractivity contribution is -0.139. The van der Waals surface area contributed by atoms with Gasteiger partial charge in [-0.15, -0.1) is 0 Å². The van der Waals surface area contributed by atoms with Gasteiger partial charge in [-0.3, -0.25) is 4.79 Å². The quantitative estimate of drug-likeness (QED) is 0.772. The van der Waals surface area contributed by atoms with Crippen LogP contribution in [0.2, 0.25) is 0 Å². The van der Waals surface area contributed by atoms with Crippen molar-refractivity contribution in [1.29, 1.82) is 0 Å². The smallest absolute Gasteiger partial charge is 0.338 e. The highest BCUT2D eigenvalue weighted by atomic mass is 19.4. The number of rotatable bonds is 3. The van der Waals surface area contributed by atoms with E-state index < -0.39 is 17.6 Å². The molecule has 0 N–H and O–H groups in total. The maximum Gasteiger partial charge on any atom is 0.416 e. The number of nitrogens with zero attached hydrogens (tertiary/aromatic N) is 1. The normalized spacial score (nSPS) is 25.9. The molecular formula is C16H17F4NO. The molecule has 1 aromatic rings. The van der Waals surface area contributed by atoms with Crippen LogP contribution in [0, 0.1) is 17.2 Å². The molecule has 0 radical (unpaired) electrons. The van der Waals surface area contributed by atoms with Crippen molar-refractivity contribution in [2.45, 2.75) is 38.9 Å². The third-order valence-corrected chi connectivity index (χ3v) is 4.76. The van der Waals surface area contributed by atoms with E-state index >= 15 is 0 Å². The van der Waals surface area contributed by atoms with Gasteiger partial charge in [0.15, 0.2) is 0 Å². The van der Waals surface area contributed by atoms with Crippen LogP contribution in [0.5, 0.6) is 0 Å². The van der Waals surface area contributed by atoms with Crippen LogP contribution in [0.25, 0.3) is 0 Å². The monoisotopic (exact) mass is 315 g/mol. The van der Waals surface area contributed by atoms with Crippen molar-refractivity contribution < 1.29 is 22.4 Å². The van der Waals surface area contributed by atoms with Gasteiger partial charge in [-0.05, 0) is 47.9 Å². The van der Waals surface area contributed by atoms with Crippen LogP contribution in [0.1, 0.15) is 37.3 Å². The number of alkyl halides is 3. The SMILES string of the molecule is C[C@@]1(C2CC2)CC(=O)N(Cc2cc(F)ccc2C(F)(F)F)C1. The Hall–Kier alpha value is -1.59. The van der Waals surface area contributed by atoms with Crippen LogP contribution >= 0.6 is 0 Å². The number of halogens is 4. The molecule has 2 fully saturated rings. The first-order valence-electron chi connectivity index (χ1n) is 7.32. The van der Waals surface area contributed by atoms with E-state index in [2.05, 4.69) is 0 Å². The minimum Gasteiger partial charge on any atom is -0.338 e. The van der Waals surface area contributed by atoms with Crippen LogP contribution in [-0.2, 0) is 17.5 Å². The zero-order valence-corrected chi connectivity index (χ0v) is 12.2. The fourth-order valence-electron chi connectivity index (χ4n) is 3.41. The molecule has 0 bridgehead atoms. The summed E-state index contributed by atoms with van der Waals surface area (Å²) in [5, 5.41) is 0. The first kappa shape index (κ1) is 15.3. The first-order chi connectivity index (χ1) is 10.2. The van der Waals surface area contributed by atoms with Crippen LogP contribution in [0.15, 0.2) is 18.2 Å². The van der Waals surface area contributed by atoms with E-state index in [1.165, 1.54) is 4.90 Å². The Labute approximate surface area is 126 Å². The van der Waals surface area contributed by atoms with Gasteiger partial charge in [-0.1, -0.05) is 6.92 Å². The Morgan fingerprint density at radius 1 is 1.32 bits per heavy atom. The molecule has 1 amide bonds. The van der Waals surface area contributed by atoms with Crippen LogP contribution < -0.4 is 0 Å². The third kappa shape index (κ3) is 2.83. The molecule has 2 nitrogen and oxygen atoms in total. The molecular weight excluding hydrogens is 298 g/mol. The minimum atomic E-state index is -4.55. The number of benzene rings is 1. The fourth-order valence-corrected chi connectivity index (χ4v) is 3.41. The Morgan fingerprint density at radius 3 is 2.59 bits per heavy atom. The minimum absolute atomic E-state index is 0.146. The van der Waals surface area contributed by atoms with Crippen molar-refractivity contribution in [3.63, 3.8) is 0 Å². The van der Waals surface area contributed by atoms with E-state index in [4.69, 9.17) is 0 Å². The van der Waals surface area contributed by atoms with Crippen LogP contribution in [0.4, 0.5) is 17.6 Å². The van der Waals surface area contributed by atoms with Gasteiger partial charge in [0.05, 0.1) is 5.56 Å². The molecule has 1 saturated carbocycles. The average molecular weight is 315 g/mol. The van der Waals surface area contributed by atoms with Crippen molar-refractivity contribution in [3.05, 3.63) is 35.1 Å². The van der Waals surface area contributed by atoms with Crippen LogP contribution in [0.3, 0.4) is 0 Å². The predicted octanol–water partition coefficient (Wildman–Crippen LogP) is 3.99. The molecule has 1 aromatic carbocycles. The van der Waals surface area contributed by atoms with Crippen molar-refractivity contribution >= 4 is 5.91 Å². The number of likely N-dealkylation sites (tertiary alicyclic amines) is 1. The molecule has 3 rings (SSSR count). The molecule has 0 aromatic heterocycles. The largest absolute Gasteiger partial charge is 0.416 e. The van der Waals surface area contributed by atoms with Crippen molar-refractivity contribution in [2.24, 2.45) is 11.3 Å². The van der Waals surface area contributed by atoms with Gasteiger partial charge < -0.3 is 4.90 Å². The number of hydrogen-bond acceptors (Lipinski definition) is 1. The van der Waals surface area contributed by atoms with E-state index in [0.29, 0.717) is 18.9 Å². The molecule has 1 heterocycles. The first-order valence-corrected chi connectivity index (χ1v) is 7.32. The summed E-state index contributed by atoms with van der Waals surface area (Å²) in [6, 6.07) is 2.42. The Balaban J connectivity index is 1.84. The summed E-state index contributed by atoms with van der Waals surface area (Å²) in [6.45, 7) is 2.27. The summed E-state index contributed by atoms with van der Waals surface area (Å²) >= 11 is 0. The van der Waals surface area contributed by atoms with Crippen molar-refractivity contribution in [1.82, 2.24) is 4.90 Å². The van der Waals surface area contributed by atoms with E-state index in [9.17, 15) is 22.4 Å². The average Bonchev–Trinajstić information content (AvgIpc) is 3.17. The summed E-state index contributed by atoms with van der Waals surface area (Å²) in [5.41, 5.74) is -1.20. The highest BCUT2D eigenvalue weighted by Gasteiger charge is 2.49. The van der Waals surface area contributed by atoms with Gasteiger partial charge in [-0.25, -0.2) is 4.39 Å². The molecule has 22 heavy (non-hydrogen) atoms. The Morgan fingerprint density at radius 2 is 2.00 bits per heavy atom. The summed E-state index contributed by atoms with van der Waals surface area (Å²) in [7, 11) is 0. The van der Waals surface area contributed by atoms with Gasteiger partial charge in [0, 0.05) is 19.5 Å². The van der Waals surface area contributed by atoms with Gasteiger partial charge in [0.2, 0.25) is 5.91 Å². The molecule has 0 unspecified atom stereocenters. The lowest BCUT2D eigenvalue weighted by atomic mass is 9.84. The molecule has 120 valence electrons. The van der Waals surface area contributed by atoms with E-state index in [1.54, 1.807) is 0 Å². The molecule has 1 saturated heterocycles. The molecule has 6 heteroatoms. The van der Waals surface area contributed by atoms with E-state index in [-0.39, 0.29) is 23.4 Å². The van der Waals surface area contributed by atoms with Gasteiger partial charge >= 0.3 is 6.18 Å². The highest BCUT2D eigenvalue weighted by Crippen LogP contribution is 2.51. The molecule has 0 spiro atoms. The maximum atomic E-state index is 13.3. The van der Waals surface area contributed by atoms with E-state index in [1.807, 2.05) is 6.92 Å². The lowest BCUT2D eigenvalue weighted by Gasteiger charge is -2.24. The third-order valence-electron chi connectivity index (χ3n) is 4.76. The van der Waals surface area contributed by atoms with Crippen molar-refractivity contribution in [2.75, 3.05) is 6.54 Å². The van der Waals surface area contributed by atoms with Crippen LogP contribution in [-0.4, -0.2) is 17.4 Å². The summed E-state index contributed by atoms with van der Waals surface area (Å²) < 4.78 is 52.4. The Bertz CT molecular complexity index is 609. The Kier molecular flexibility index (Phi) is 3.45. The zero-order chi connectivity index (χ0) is 16.1. The molecule has 1 atom stereocenters. The lowest BCUT2D eigenvalue weighted by Crippen LogP contribution is -2.29. The zero-order valence-electron chi connectivity index (χ0n) is 12.2.